The summed E-state index contributed by atoms with van der Waals surface area (Å²) in [6, 6.07) is 2.62. The number of nitrogens with zero attached hydrogens (tertiary/aromatic N) is 2. The Bertz CT molecular complexity index is 483. The van der Waals surface area contributed by atoms with Gasteiger partial charge in [-0.3, -0.25) is 4.79 Å². The zero-order valence-corrected chi connectivity index (χ0v) is 8.78. The second-order valence-electron chi connectivity index (χ2n) is 3.05. The first kappa shape index (κ1) is 12.8. The van der Waals surface area contributed by atoms with Crippen LogP contribution in [0.4, 0.5) is 8.78 Å². The lowest BCUT2D eigenvalue weighted by Crippen LogP contribution is -2.08. The molecule has 1 heterocycles. The first-order chi connectivity index (χ1) is 7.99. The maximum Gasteiger partial charge on any atom is 0.309 e. The van der Waals surface area contributed by atoms with E-state index in [4.69, 9.17) is 15.1 Å². The summed E-state index contributed by atoms with van der Waals surface area (Å²) in [7, 11) is 1.20. The van der Waals surface area contributed by atoms with Gasteiger partial charge in [-0.1, -0.05) is 0 Å². The molecule has 0 unspecified atom stereocenters. The van der Waals surface area contributed by atoms with Gasteiger partial charge in [0.25, 0.3) is 6.43 Å². The number of ether oxygens (including phenoxy) is 1. The Morgan fingerprint density at radius 2 is 2.35 bits per heavy atom. The molecule has 0 aliphatic rings. The zero-order valence-electron chi connectivity index (χ0n) is 8.78. The first-order valence-corrected chi connectivity index (χ1v) is 4.47. The van der Waals surface area contributed by atoms with Crippen molar-refractivity contribution in [2.75, 3.05) is 7.11 Å². The van der Waals surface area contributed by atoms with Gasteiger partial charge in [0.2, 0.25) is 0 Å². The van der Waals surface area contributed by atoms with Gasteiger partial charge in [-0.25, -0.2) is 13.8 Å². The largest absolute Gasteiger partial charge is 0.495 e. The summed E-state index contributed by atoms with van der Waals surface area (Å²) < 4.78 is 29.7. The standard InChI is InChI=1S/C10H8F2N2O3/c1-17-8-2-7(10(11)12)14-6(3-9(15)16)5(8)4-13/h2,10H,3H2,1H3,(H,15,16). The molecule has 1 aromatic heterocycles. The van der Waals surface area contributed by atoms with E-state index in [0.717, 1.165) is 6.07 Å². The topological polar surface area (TPSA) is 83.2 Å². The number of hydrogen-bond donors (Lipinski definition) is 1. The number of aromatic nitrogens is 1. The summed E-state index contributed by atoms with van der Waals surface area (Å²) >= 11 is 0. The van der Waals surface area contributed by atoms with E-state index in [9.17, 15) is 13.6 Å². The molecule has 0 spiro atoms. The number of methoxy groups -OCH3 is 1. The van der Waals surface area contributed by atoms with E-state index in [1.807, 2.05) is 0 Å². The highest BCUT2D eigenvalue weighted by atomic mass is 19.3. The summed E-state index contributed by atoms with van der Waals surface area (Å²) in [4.78, 5) is 14.0. The van der Waals surface area contributed by atoms with E-state index in [2.05, 4.69) is 4.98 Å². The minimum Gasteiger partial charge on any atom is -0.495 e. The molecule has 0 saturated heterocycles. The van der Waals surface area contributed by atoms with Crippen molar-refractivity contribution in [2.24, 2.45) is 0 Å². The number of aliphatic carboxylic acids is 1. The highest BCUT2D eigenvalue weighted by Crippen LogP contribution is 2.27. The van der Waals surface area contributed by atoms with Crippen molar-refractivity contribution in [3.8, 4) is 11.8 Å². The fourth-order valence-corrected chi connectivity index (χ4v) is 1.26. The number of halogens is 2. The SMILES string of the molecule is COc1cc(C(F)F)nc(CC(=O)O)c1C#N. The number of alkyl halides is 2. The van der Waals surface area contributed by atoms with E-state index in [-0.39, 0.29) is 17.0 Å². The third-order valence-corrected chi connectivity index (χ3v) is 1.95. The predicted octanol–water partition coefficient (Wildman–Crippen LogP) is 1.53. The number of carboxylic acids is 1. The monoisotopic (exact) mass is 242 g/mol. The van der Waals surface area contributed by atoms with Crippen LogP contribution in [0.1, 0.15) is 23.4 Å². The van der Waals surface area contributed by atoms with Crippen LogP contribution in [0.15, 0.2) is 6.07 Å². The maximum absolute atomic E-state index is 12.5. The molecule has 0 aromatic carbocycles. The van der Waals surface area contributed by atoms with E-state index < -0.39 is 24.5 Å². The van der Waals surface area contributed by atoms with Crippen molar-refractivity contribution in [1.29, 1.82) is 5.26 Å². The molecule has 0 amide bonds. The fraction of sp³-hybridized carbons (Fsp3) is 0.300. The number of hydrogen-bond acceptors (Lipinski definition) is 4. The van der Waals surface area contributed by atoms with Crippen LogP contribution in [0.25, 0.3) is 0 Å². The molecular weight excluding hydrogens is 234 g/mol. The van der Waals surface area contributed by atoms with Crippen LogP contribution in [0, 0.1) is 11.3 Å². The Hall–Kier alpha value is -2.23. The van der Waals surface area contributed by atoms with Gasteiger partial charge in [-0.05, 0) is 0 Å². The van der Waals surface area contributed by atoms with Crippen molar-refractivity contribution >= 4 is 5.97 Å². The fourth-order valence-electron chi connectivity index (χ4n) is 1.26. The van der Waals surface area contributed by atoms with Crippen LogP contribution in [0.5, 0.6) is 5.75 Å². The van der Waals surface area contributed by atoms with Crippen molar-refractivity contribution in [3.63, 3.8) is 0 Å². The number of carboxylic acid groups (broad SMARTS) is 1. The van der Waals surface area contributed by atoms with Gasteiger partial charge in [-0.15, -0.1) is 0 Å². The van der Waals surface area contributed by atoms with E-state index >= 15 is 0 Å². The Balaban J connectivity index is 3.38. The Labute approximate surface area is 95.3 Å². The van der Waals surface area contributed by atoms with Crippen LogP contribution in [-0.4, -0.2) is 23.2 Å². The van der Waals surface area contributed by atoms with Gasteiger partial charge >= 0.3 is 5.97 Å². The lowest BCUT2D eigenvalue weighted by molar-refractivity contribution is -0.136. The molecule has 0 bridgehead atoms. The molecule has 1 aromatic rings. The molecule has 90 valence electrons. The molecule has 0 fully saturated rings. The van der Waals surface area contributed by atoms with E-state index in [1.54, 1.807) is 6.07 Å². The second-order valence-corrected chi connectivity index (χ2v) is 3.05. The van der Waals surface area contributed by atoms with Crippen molar-refractivity contribution in [2.45, 2.75) is 12.8 Å². The average Bonchev–Trinajstić information content (AvgIpc) is 2.26. The molecule has 0 aliphatic heterocycles. The molecule has 0 radical (unpaired) electrons. The van der Waals surface area contributed by atoms with Crippen molar-refractivity contribution in [3.05, 3.63) is 23.0 Å². The lowest BCUT2D eigenvalue weighted by atomic mass is 10.1. The summed E-state index contributed by atoms with van der Waals surface area (Å²) in [5.41, 5.74) is -0.981. The van der Waals surface area contributed by atoms with Crippen LogP contribution in [0.3, 0.4) is 0 Å². The Kier molecular flexibility index (Phi) is 3.93. The number of pyridine rings is 1. The third-order valence-electron chi connectivity index (χ3n) is 1.95. The van der Waals surface area contributed by atoms with Gasteiger partial charge in [0.1, 0.15) is 23.1 Å². The maximum atomic E-state index is 12.5. The lowest BCUT2D eigenvalue weighted by Gasteiger charge is -2.09. The van der Waals surface area contributed by atoms with Crippen LogP contribution in [0.2, 0.25) is 0 Å². The Morgan fingerprint density at radius 1 is 1.71 bits per heavy atom. The van der Waals surface area contributed by atoms with Crippen LogP contribution < -0.4 is 4.74 Å². The van der Waals surface area contributed by atoms with Gasteiger partial charge < -0.3 is 9.84 Å². The number of rotatable bonds is 4. The highest BCUT2D eigenvalue weighted by Gasteiger charge is 2.19. The Morgan fingerprint density at radius 3 is 2.76 bits per heavy atom. The van der Waals surface area contributed by atoms with Crippen molar-refractivity contribution < 1.29 is 23.4 Å². The summed E-state index contributed by atoms with van der Waals surface area (Å²) in [6.45, 7) is 0. The highest BCUT2D eigenvalue weighted by molar-refractivity contribution is 5.71. The van der Waals surface area contributed by atoms with E-state index in [0.29, 0.717) is 0 Å². The molecule has 0 aliphatic carbocycles. The normalized spacial score (nSPS) is 10.1. The average molecular weight is 242 g/mol. The van der Waals surface area contributed by atoms with E-state index in [1.165, 1.54) is 7.11 Å². The molecule has 7 heteroatoms. The van der Waals surface area contributed by atoms with Gasteiger partial charge in [0.05, 0.1) is 19.2 Å². The third kappa shape index (κ3) is 2.87. The smallest absolute Gasteiger partial charge is 0.309 e. The minimum absolute atomic E-state index is 0.103. The molecule has 5 nitrogen and oxygen atoms in total. The molecule has 17 heavy (non-hydrogen) atoms. The van der Waals surface area contributed by atoms with Gasteiger partial charge in [0, 0.05) is 6.07 Å². The summed E-state index contributed by atoms with van der Waals surface area (Å²) in [5.74, 6) is -1.36. The molecule has 1 N–H and O–H groups in total. The number of nitriles is 1. The quantitative estimate of drug-likeness (QED) is 0.865. The summed E-state index contributed by atoms with van der Waals surface area (Å²) in [6.07, 6.45) is -3.47. The zero-order chi connectivity index (χ0) is 13.0. The number of carbonyl (C=O) groups is 1. The predicted molar refractivity (Wildman–Crippen MR) is 51.8 cm³/mol. The minimum atomic E-state index is -2.86. The second kappa shape index (κ2) is 5.21. The molecule has 1 rings (SSSR count). The van der Waals surface area contributed by atoms with Crippen LogP contribution in [-0.2, 0) is 11.2 Å². The van der Waals surface area contributed by atoms with Crippen molar-refractivity contribution in [1.82, 2.24) is 4.98 Å². The van der Waals surface area contributed by atoms with Crippen LogP contribution >= 0.6 is 0 Å². The van der Waals surface area contributed by atoms with Gasteiger partial charge in [-0.2, -0.15) is 5.26 Å². The van der Waals surface area contributed by atoms with Gasteiger partial charge in [0.15, 0.2) is 0 Å². The molecular formula is C10H8F2N2O3. The first-order valence-electron chi connectivity index (χ1n) is 4.47. The molecule has 0 saturated carbocycles. The summed E-state index contributed by atoms with van der Waals surface area (Å²) in [5, 5.41) is 17.4. The molecule has 0 atom stereocenters.